The molecule has 1 fully saturated rings. The summed E-state index contributed by atoms with van der Waals surface area (Å²) in [7, 11) is 0. The van der Waals surface area contributed by atoms with Crippen molar-refractivity contribution in [3.8, 4) is 10.6 Å². The Balaban J connectivity index is 1.74. The highest BCUT2D eigenvalue weighted by molar-refractivity contribution is 7.21. The Morgan fingerprint density at radius 1 is 1.16 bits per heavy atom. The van der Waals surface area contributed by atoms with Crippen LogP contribution in [0.4, 0.5) is 11.8 Å². The van der Waals surface area contributed by atoms with Crippen LogP contribution in [-0.2, 0) is 0 Å². The molecule has 4 atom stereocenters. The lowest BCUT2D eigenvalue weighted by Crippen LogP contribution is -2.36. The number of hydrogen-bond donors (Lipinski definition) is 5. The van der Waals surface area contributed by atoms with Gasteiger partial charge in [0.25, 0.3) is 0 Å². The first-order valence-corrected chi connectivity index (χ1v) is 11.5. The third-order valence-corrected chi connectivity index (χ3v) is 6.68. The number of aromatic nitrogens is 4. The Morgan fingerprint density at radius 2 is 1.94 bits per heavy atom. The first kappa shape index (κ1) is 22.8. The fourth-order valence-corrected chi connectivity index (χ4v) is 4.90. The lowest BCUT2D eigenvalue weighted by atomic mass is 9.97. The van der Waals surface area contributed by atoms with Gasteiger partial charge < -0.3 is 26.0 Å². The van der Waals surface area contributed by atoms with Crippen molar-refractivity contribution >= 4 is 33.3 Å². The van der Waals surface area contributed by atoms with Crippen molar-refractivity contribution in [2.24, 2.45) is 11.3 Å². The normalized spacial score (nSPS) is 23.6. The molecule has 0 radical (unpaired) electrons. The minimum Gasteiger partial charge on any atom is -0.396 e. The lowest BCUT2D eigenvalue weighted by molar-refractivity contribution is 0.00446. The topological polar surface area (TPSA) is 136 Å². The Labute approximate surface area is 191 Å². The van der Waals surface area contributed by atoms with Gasteiger partial charge in [0.1, 0.15) is 22.4 Å². The third kappa shape index (κ3) is 4.68. The fraction of sp³-hybridized carbons (Fsp3) is 0.545. The number of hydrogen-bond acceptors (Lipinski definition) is 10. The lowest BCUT2D eigenvalue weighted by Gasteiger charge is -2.22. The van der Waals surface area contributed by atoms with Crippen LogP contribution < -0.4 is 10.6 Å². The largest absolute Gasteiger partial charge is 0.396 e. The number of aryl methyl sites for hydroxylation is 1. The quantitative estimate of drug-likeness (QED) is 0.377. The van der Waals surface area contributed by atoms with E-state index in [1.165, 1.54) is 11.3 Å². The molecule has 172 valence electrons. The second-order valence-electron chi connectivity index (χ2n) is 9.54. The molecular formula is C22H30N6O3S. The number of fused-ring (bicyclic) bond motifs is 1. The molecule has 3 heterocycles. The van der Waals surface area contributed by atoms with E-state index in [4.69, 9.17) is 9.97 Å². The average Bonchev–Trinajstić information content (AvgIpc) is 3.27. The highest BCUT2D eigenvalue weighted by atomic mass is 32.1. The molecule has 4 rings (SSSR count). The Kier molecular flexibility index (Phi) is 6.30. The van der Waals surface area contributed by atoms with Crippen LogP contribution in [-0.4, -0.2) is 66.7 Å². The summed E-state index contributed by atoms with van der Waals surface area (Å²) in [6.07, 6.45) is 1.88. The van der Waals surface area contributed by atoms with Gasteiger partial charge in [0.05, 0.1) is 34.3 Å². The zero-order valence-electron chi connectivity index (χ0n) is 18.7. The van der Waals surface area contributed by atoms with Gasteiger partial charge in [-0.3, -0.25) is 4.98 Å². The molecule has 1 saturated carbocycles. The van der Waals surface area contributed by atoms with E-state index in [0.717, 1.165) is 26.5 Å². The van der Waals surface area contributed by atoms with Crippen LogP contribution in [0.2, 0.25) is 0 Å². The van der Waals surface area contributed by atoms with Gasteiger partial charge in [0, 0.05) is 25.3 Å². The number of nitrogens with one attached hydrogen (secondary N) is 2. The number of nitrogens with zero attached hydrogens (tertiary/aromatic N) is 4. The zero-order chi connectivity index (χ0) is 23.0. The van der Waals surface area contributed by atoms with Crippen LogP contribution in [0.5, 0.6) is 0 Å². The molecule has 32 heavy (non-hydrogen) atoms. The Bertz CT molecular complexity index is 1070. The molecule has 9 nitrogen and oxygen atoms in total. The predicted molar refractivity (Wildman–Crippen MR) is 126 cm³/mol. The standard InChI is InChI=1S/C22H30N6O3S/c1-11-16(20-27-14-8-23-6-5-15(14)32-20)19(28-21(25-11)24-10-22(2,3)4)26-13-7-12(9-29)17(30)18(13)31/h5-6,8,12-13,17-18,29-31H,7,9-10H2,1-4H3,(H2,24,25,26,28)/t12-,13-,17-,18+/m1/s1. The van der Waals surface area contributed by atoms with Crippen LogP contribution in [0.15, 0.2) is 18.5 Å². The van der Waals surface area contributed by atoms with Gasteiger partial charge >= 0.3 is 0 Å². The summed E-state index contributed by atoms with van der Waals surface area (Å²) in [4.78, 5) is 18.3. The minimum atomic E-state index is -1.01. The predicted octanol–water partition coefficient (Wildman–Crippen LogP) is 2.43. The van der Waals surface area contributed by atoms with Crippen molar-refractivity contribution in [3.05, 3.63) is 24.2 Å². The summed E-state index contributed by atoms with van der Waals surface area (Å²) in [5.41, 5.74) is 2.34. The summed E-state index contributed by atoms with van der Waals surface area (Å²) in [5.74, 6) is 0.634. The first-order valence-electron chi connectivity index (χ1n) is 10.7. The van der Waals surface area contributed by atoms with E-state index in [-0.39, 0.29) is 17.9 Å². The molecule has 0 aromatic carbocycles. The van der Waals surface area contributed by atoms with Gasteiger partial charge in [-0.1, -0.05) is 20.8 Å². The highest BCUT2D eigenvalue weighted by Gasteiger charge is 2.41. The van der Waals surface area contributed by atoms with Gasteiger partial charge in [-0.25, -0.2) is 9.97 Å². The highest BCUT2D eigenvalue weighted by Crippen LogP contribution is 2.38. The van der Waals surface area contributed by atoms with Crippen LogP contribution in [0.1, 0.15) is 32.9 Å². The number of aliphatic hydroxyl groups excluding tert-OH is 3. The molecule has 1 aliphatic rings. The van der Waals surface area contributed by atoms with Crippen LogP contribution in [0, 0.1) is 18.3 Å². The van der Waals surface area contributed by atoms with Crippen molar-refractivity contribution < 1.29 is 15.3 Å². The SMILES string of the molecule is Cc1nc(NCC(C)(C)C)nc(N[C@@H]2C[C@H](CO)[C@@H](O)[C@H]2O)c1-c1nc2cnccc2s1. The Hall–Kier alpha value is -2.40. The summed E-state index contributed by atoms with van der Waals surface area (Å²) in [5, 5.41) is 37.7. The fourth-order valence-electron chi connectivity index (χ4n) is 3.87. The van der Waals surface area contributed by atoms with E-state index in [0.29, 0.717) is 24.7 Å². The van der Waals surface area contributed by atoms with Crippen molar-refractivity contribution in [2.75, 3.05) is 23.8 Å². The van der Waals surface area contributed by atoms with Gasteiger partial charge in [-0.15, -0.1) is 11.3 Å². The molecule has 10 heteroatoms. The number of aliphatic hydroxyl groups is 3. The number of thiazole rings is 1. The summed E-state index contributed by atoms with van der Waals surface area (Å²) in [6, 6.07) is 1.46. The van der Waals surface area contributed by atoms with Crippen LogP contribution in [0.3, 0.4) is 0 Å². The molecule has 0 unspecified atom stereocenters. The van der Waals surface area contributed by atoms with E-state index in [2.05, 4.69) is 41.4 Å². The van der Waals surface area contributed by atoms with E-state index in [1.807, 2.05) is 13.0 Å². The van der Waals surface area contributed by atoms with Crippen molar-refractivity contribution in [1.82, 2.24) is 19.9 Å². The molecule has 1 aliphatic carbocycles. The molecule has 0 spiro atoms. The second-order valence-corrected chi connectivity index (χ2v) is 10.6. The van der Waals surface area contributed by atoms with Gasteiger partial charge in [-0.2, -0.15) is 4.98 Å². The molecule has 3 aromatic rings. The van der Waals surface area contributed by atoms with Gasteiger partial charge in [-0.05, 0) is 24.8 Å². The summed E-state index contributed by atoms with van der Waals surface area (Å²) >= 11 is 1.52. The summed E-state index contributed by atoms with van der Waals surface area (Å²) < 4.78 is 1.01. The number of anilines is 2. The van der Waals surface area contributed by atoms with Crippen LogP contribution in [0.25, 0.3) is 20.8 Å². The molecule has 0 aliphatic heterocycles. The molecule has 3 aromatic heterocycles. The van der Waals surface area contributed by atoms with E-state index >= 15 is 0 Å². The molecular weight excluding hydrogens is 428 g/mol. The van der Waals surface area contributed by atoms with Crippen molar-refractivity contribution in [3.63, 3.8) is 0 Å². The molecule has 0 bridgehead atoms. The van der Waals surface area contributed by atoms with Gasteiger partial charge in [0.15, 0.2) is 0 Å². The average molecular weight is 459 g/mol. The molecule has 0 saturated heterocycles. The van der Waals surface area contributed by atoms with Crippen molar-refractivity contribution in [2.45, 2.75) is 52.4 Å². The number of pyridine rings is 1. The van der Waals surface area contributed by atoms with E-state index in [9.17, 15) is 15.3 Å². The van der Waals surface area contributed by atoms with E-state index in [1.54, 1.807) is 12.4 Å². The number of rotatable bonds is 6. The monoisotopic (exact) mass is 458 g/mol. The minimum absolute atomic E-state index is 0.0453. The summed E-state index contributed by atoms with van der Waals surface area (Å²) in [6.45, 7) is 8.79. The third-order valence-electron chi connectivity index (χ3n) is 5.63. The maximum absolute atomic E-state index is 10.5. The van der Waals surface area contributed by atoms with E-state index < -0.39 is 18.2 Å². The smallest absolute Gasteiger partial charge is 0.224 e. The Morgan fingerprint density at radius 3 is 2.59 bits per heavy atom. The van der Waals surface area contributed by atoms with Gasteiger partial charge in [0.2, 0.25) is 5.95 Å². The molecule has 5 N–H and O–H groups in total. The maximum Gasteiger partial charge on any atom is 0.224 e. The second kappa shape index (κ2) is 8.86. The zero-order valence-corrected chi connectivity index (χ0v) is 19.5. The maximum atomic E-state index is 10.5. The van der Waals surface area contributed by atoms with Crippen LogP contribution >= 0.6 is 11.3 Å². The van der Waals surface area contributed by atoms with Crippen molar-refractivity contribution in [1.29, 1.82) is 0 Å². The molecule has 0 amide bonds. The first-order chi connectivity index (χ1) is 15.2.